The van der Waals surface area contributed by atoms with E-state index in [0.717, 1.165) is 52.8 Å². The molecule has 0 heterocycles. The molecule has 3 aromatic rings. The van der Waals surface area contributed by atoms with Crippen LogP contribution in [0, 0.1) is 13.8 Å². The third-order valence-electron chi connectivity index (χ3n) is 7.43. The summed E-state index contributed by atoms with van der Waals surface area (Å²) in [5.41, 5.74) is 4.68. The van der Waals surface area contributed by atoms with Crippen molar-refractivity contribution < 1.29 is 19.1 Å². The molecule has 2 N–H and O–H groups in total. The average Bonchev–Trinajstić information content (AvgIpc) is 3.78. The largest absolute Gasteiger partial charge is 0.444 e. The fourth-order valence-electron chi connectivity index (χ4n) is 5.13. The van der Waals surface area contributed by atoms with Gasteiger partial charge in [-0.2, -0.15) is 0 Å². The SMILES string of the molecule is CCc1ccc(C(C(=O)Nc2c(C)cccc2C)N(C(=O)C(Cc2ccccc2)NC(=O)OC(C)(C)C)C2CC2)cc1. The highest BCUT2D eigenvalue weighted by atomic mass is 16.6. The molecule has 0 spiro atoms. The van der Waals surface area contributed by atoms with Crippen molar-refractivity contribution in [1.82, 2.24) is 10.2 Å². The lowest BCUT2D eigenvalue weighted by Gasteiger charge is -2.35. The molecule has 2 atom stereocenters. The summed E-state index contributed by atoms with van der Waals surface area (Å²) in [6.07, 6.45) is 2.04. The molecule has 1 fully saturated rings. The molecule has 0 aromatic heterocycles. The monoisotopic (exact) mass is 569 g/mol. The number of alkyl carbamates (subject to hydrolysis) is 1. The zero-order valence-corrected chi connectivity index (χ0v) is 25.6. The summed E-state index contributed by atoms with van der Waals surface area (Å²) in [7, 11) is 0. The lowest BCUT2D eigenvalue weighted by Crippen LogP contribution is -2.54. The summed E-state index contributed by atoms with van der Waals surface area (Å²) in [6.45, 7) is 11.3. The predicted octanol–water partition coefficient (Wildman–Crippen LogP) is 6.67. The maximum atomic E-state index is 14.5. The second-order valence-electron chi connectivity index (χ2n) is 12.1. The van der Waals surface area contributed by atoms with E-state index in [4.69, 9.17) is 4.74 Å². The maximum Gasteiger partial charge on any atom is 0.408 e. The molecule has 3 aromatic carbocycles. The van der Waals surface area contributed by atoms with Crippen molar-refractivity contribution in [1.29, 1.82) is 0 Å². The van der Waals surface area contributed by atoms with Gasteiger partial charge >= 0.3 is 6.09 Å². The normalized spacial score (nSPS) is 14.4. The lowest BCUT2D eigenvalue weighted by atomic mass is 9.98. The van der Waals surface area contributed by atoms with Crippen molar-refractivity contribution in [3.63, 3.8) is 0 Å². The Balaban J connectivity index is 1.74. The molecule has 42 heavy (non-hydrogen) atoms. The van der Waals surface area contributed by atoms with E-state index >= 15 is 0 Å². The van der Waals surface area contributed by atoms with E-state index in [-0.39, 0.29) is 24.3 Å². The number of nitrogens with zero attached hydrogens (tertiary/aromatic N) is 1. The number of carbonyl (C=O) groups excluding carboxylic acids is 3. The van der Waals surface area contributed by atoms with Gasteiger partial charge in [0.1, 0.15) is 17.7 Å². The number of ether oxygens (including phenoxy) is 1. The summed E-state index contributed by atoms with van der Waals surface area (Å²) in [6, 6.07) is 21.4. The first-order valence-electron chi connectivity index (χ1n) is 14.8. The molecule has 1 aliphatic rings. The zero-order valence-electron chi connectivity index (χ0n) is 25.6. The third kappa shape index (κ3) is 7.99. The number of nitrogens with one attached hydrogen (secondary N) is 2. The lowest BCUT2D eigenvalue weighted by molar-refractivity contribution is -0.141. The molecule has 0 bridgehead atoms. The summed E-state index contributed by atoms with van der Waals surface area (Å²) < 4.78 is 5.54. The van der Waals surface area contributed by atoms with E-state index < -0.39 is 23.8 Å². The quantitative estimate of drug-likeness (QED) is 0.285. The van der Waals surface area contributed by atoms with E-state index in [1.807, 2.05) is 86.6 Å². The number of para-hydroxylation sites is 1. The van der Waals surface area contributed by atoms with Crippen LogP contribution < -0.4 is 10.6 Å². The Morgan fingerprint density at radius 3 is 2.05 bits per heavy atom. The number of hydrogen-bond donors (Lipinski definition) is 2. The van der Waals surface area contributed by atoms with Gasteiger partial charge < -0.3 is 20.3 Å². The first-order chi connectivity index (χ1) is 20.0. The molecule has 0 saturated heterocycles. The summed E-state index contributed by atoms with van der Waals surface area (Å²) in [5.74, 6) is -0.596. The Kier molecular flexibility index (Phi) is 9.71. The van der Waals surface area contributed by atoms with Gasteiger partial charge in [-0.15, -0.1) is 0 Å². The number of anilines is 1. The topological polar surface area (TPSA) is 87.7 Å². The number of benzene rings is 3. The number of carbonyl (C=O) groups is 3. The molecule has 7 heteroatoms. The zero-order chi connectivity index (χ0) is 30.4. The van der Waals surface area contributed by atoms with Gasteiger partial charge in [-0.25, -0.2) is 4.79 Å². The van der Waals surface area contributed by atoms with Crippen LogP contribution >= 0.6 is 0 Å². The molecule has 2 unspecified atom stereocenters. The summed E-state index contributed by atoms with van der Waals surface area (Å²) in [4.78, 5) is 43.4. The number of amides is 3. The molecule has 1 aliphatic carbocycles. The smallest absolute Gasteiger partial charge is 0.408 e. The second kappa shape index (κ2) is 13.2. The minimum Gasteiger partial charge on any atom is -0.444 e. The van der Waals surface area contributed by atoms with Gasteiger partial charge in [-0.3, -0.25) is 9.59 Å². The van der Waals surface area contributed by atoms with E-state index in [1.165, 1.54) is 0 Å². The van der Waals surface area contributed by atoms with E-state index in [2.05, 4.69) is 17.6 Å². The fraction of sp³-hybridized carbons (Fsp3) is 0.400. The number of aryl methyl sites for hydroxylation is 3. The predicted molar refractivity (Wildman–Crippen MR) is 166 cm³/mol. The van der Waals surface area contributed by atoms with Crippen LogP contribution in [-0.2, 0) is 27.2 Å². The molecule has 4 rings (SSSR count). The Morgan fingerprint density at radius 1 is 0.881 bits per heavy atom. The molecule has 222 valence electrons. The first kappa shape index (κ1) is 30.8. The highest BCUT2D eigenvalue weighted by Crippen LogP contribution is 2.37. The van der Waals surface area contributed by atoms with Gasteiger partial charge in [0.05, 0.1) is 0 Å². The van der Waals surface area contributed by atoms with Gasteiger partial charge in [-0.05, 0) is 81.7 Å². The third-order valence-corrected chi connectivity index (χ3v) is 7.43. The summed E-state index contributed by atoms with van der Waals surface area (Å²) >= 11 is 0. The highest BCUT2D eigenvalue weighted by molar-refractivity contribution is 6.00. The van der Waals surface area contributed by atoms with Crippen LogP contribution in [0.15, 0.2) is 72.8 Å². The van der Waals surface area contributed by atoms with E-state index in [9.17, 15) is 14.4 Å². The van der Waals surface area contributed by atoms with Crippen LogP contribution in [0.2, 0.25) is 0 Å². The van der Waals surface area contributed by atoms with E-state index in [1.54, 1.807) is 25.7 Å². The molecule has 1 saturated carbocycles. The Bertz CT molecular complexity index is 1370. The van der Waals surface area contributed by atoms with Crippen LogP contribution in [-0.4, -0.2) is 40.5 Å². The fourth-order valence-corrected chi connectivity index (χ4v) is 5.13. The van der Waals surface area contributed by atoms with Gasteiger partial charge in [0.25, 0.3) is 5.91 Å². The van der Waals surface area contributed by atoms with Crippen molar-refractivity contribution in [2.75, 3.05) is 5.32 Å². The minimum atomic E-state index is -0.923. The van der Waals surface area contributed by atoms with Crippen LogP contribution in [0.5, 0.6) is 0 Å². The van der Waals surface area contributed by atoms with Gasteiger partial charge in [-0.1, -0.05) is 79.7 Å². The van der Waals surface area contributed by atoms with Gasteiger partial charge in [0.15, 0.2) is 0 Å². The Morgan fingerprint density at radius 2 is 1.50 bits per heavy atom. The molecular weight excluding hydrogens is 526 g/mol. The summed E-state index contributed by atoms with van der Waals surface area (Å²) in [5, 5.41) is 5.97. The van der Waals surface area contributed by atoms with Gasteiger partial charge in [0.2, 0.25) is 5.91 Å². The van der Waals surface area contributed by atoms with Crippen molar-refractivity contribution in [2.45, 2.75) is 91.0 Å². The van der Waals surface area contributed by atoms with Crippen LogP contribution in [0.3, 0.4) is 0 Å². The van der Waals surface area contributed by atoms with Crippen LogP contribution in [0.4, 0.5) is 10.5 Å². The minimum absolute atomic E-state index is 0.115. The van der Waals surface area contributed by atoms with E-state index in [0.29, 0.717) is 0 Å². The average molecular weight is 570 g/mol. The van der Waals surface area contributed by atoms with Gasteiger partial charge in [0, 0.05) is 18.2 Å². The molecular formula is C35H43N3O4. The second-order valence-corrected chi connectivity index (χ2v) is 12.1. The Hall–Kier alpha value is -4.13. The molecule has 7 nitrogen and oxygen atoms in total. The van der Waals surface area contributed by atoms with Crippen molar-refractivity contribution in [3.05, 3.63) is 101 Å². The van der Waals surface area contributed by atoms with Crippen molar-refractivity contribution >= 4 is 23.6 Å². The van der Waals surface area contributed by atoms with Crippen LogP contribution in [0.1, 0.15) is 74.4 Å². The number of rotatable bonds is 10. The number of hydrogen-bond acceptors (Lipinski definition) is 4. The van der Waals surface area contributed by atoms with Crippen LogP contribution in [0.25, 0.3) is 0 Å². The van der Waals surface area contributed by atoms with Crippen molar-refractivity contribution in [3.8, 4) is 0 Å². The highest BCUT2D eigenvalue weighted by Gasteiger charge is 2.44. The molecule has 0 aliphatic heterocycles. The molecule has 0 radical (unpaired) electrons. The maximum absolute atomic E-state index is 14.5. The Labute approximate surface area is 249 Å². The first-order valence-corrected chi connectivity index (χ1v) is 14.8. The molecule has 3 amide bonds. The van der Waals surface area contributed by atoms with Crippen molar-refractivity contribution in [2.24, 2.45) is 0 Å². The standard InChI is InChI=1S/C35H43N3O4/c1-7-25-16-18-27(19-17-25)31(32(39)37-30-23(2)12-11-13-24(30)3)38(28-20-21-28)33(40)29(22-26-14-9-8-10-15-26)36-34(41)42-35(4,5)6/h8-19,28-29,31H,7,20-22H2,1-6H3,(H,36,41)(H,37,39).